The van der Waals surface area contributed by atoms with Crippen LogP contribution < -0.4 is 0 Å². The molecule has 1 aliphatic heterocycles. The van der Waals surface area contributed by atoms with Crippen molar-refractivity contribution in [1.82, 2.24) is 9.80 Å². The largest absolute Gasteiger partial charge is 0.330 e. The molecule has 3 amide bonds. The van der Waals surface area contributed by atoms with Crippen LogP contribution in [0.25, 0.3) is 0 Å². The van der Waals surface area contributed by atoms with E-state index in [2.05, 4.69) is 13.2 Å². The second kappa shape index (κ2) is 8.91. The average Bonchev–Trinajstić information content (AvgIpc) is 3.59. The van der Waals surface area contributed by atoms with Gasteiger partial charge < -0.3 is 4.90 Å². The third kappa shape index (κ3) is 4.00. The predicted molar refractivity (Wildman–Crippen MR) is 119 cm³/mol. The van der Waals surface area contributed by atoms with Crippen LogP contribution in [-0.4, -0.2) is 40.1 Å². The van der Waals surface area contributed by atoms with Crippen molar-refractivity contribution in [2.45, 2.75) is 31.3 Å². The van der Waals surface area contributed by atoms with Gasteiger partial charge in [-0.15, -0.1) is 13.2 Å². The highest BCUT2D eigenvalue weighted by molar-refractivity contribution is 6.22. The first kappa shape index (κ1) is 21.7. The van der Waals surface area contributed by atoms with E-state index in [0.717, 1.165) is 23.3 Å². The van der Waals surface area contributed by atoms with Crippen LogP contribution >= 0.6 is 0 Å². The van der Waals surface area contributed by atoms with Crippen molar-refractivity contribution in [3.63, 3.8) is 0 Å². The molecule has 2 atom stereocenters. The summed E-state index contributed by atoms with van der Waals surface area (Å²) >= 11 is 0. The summed E-state index contributed by atoms with van der Waals surface area (Å²) < 4.78 is 13.5. The Kier molecular flexibility index (Phi) is 6.04. The standard InChI is InChI=1S/C26H25FN2O3/c1-3-7-23(29-24(30)20-8-5-6-9-21(20)25(29)31)26(32)28(16-17-10-11-17)22(4-2)18-12-14-19(27)15-13-18/h3-6,8-9,12-15,17,22-23H,1-2,7,10-11,16H2/t22-,23?/m0/s1. The minimum Gasteiger partial charge on any atom is -0.330 e. The maximum absolute atomic E-state index is 13.9. The summed E-state index contributed by atoms with van der Waals surface area (Å²) in [5.74, 6) is -1.32. The Morgan fingerprint density at radius 2 is 1.66 bits per heavy atom. The summed E-state index contributed by atoms with van der Waals surface area (Å²) in [4.78, 5) is 42.7. The van der Waals surface area contributed by atoms with Crippen molar-refractivity contribution >= 4 is 17.7 Å². The van der Waals surface area contributed by atoms with Crippen LogP contribution in [0.3, 0.4) is 0 Å². The number of carbonyl (C=O) groups excluding carboxylic acids is 3. The van der Waals surface area contributed by atoms with Gasteiger partial charge in [-0.2, -0.15) is 0 Å². The number of carbonyl (C=O) groups is 3. The maximum atomic E-state index is 13.9. The molecule has 0 saturated heterocycles. The molecule has 1 saturated carbocycles. The van der Waals surface area contributed by atoms with E-state index in [-0.39, 0.29) is 18.1 Å². The third-order valence-electron chi connectivity index (χ3n) is 6.02. The number of rotatable bonds is 9. The van der Waals surface area contributed by atoms with E-state index in [0.29, 0.717) is 23.6 Å². The zero-order valence-electron chi connectivity index (χ0n) is 17.7. The summed E-state index contributed by atoms with van der Waals surface area (Å²) in [5, 5.41) is 0. The fraction of sp³-hybridized carbons (Fsp3) is 0.269. The summed E-state index contributed by atoms with van der Waals surface area (Å²) in [6.45, 7) is 8.11. The molecule has 0 bridgehead atoms. The van der Waals surface area contributed by atoms with Crippen molar-refractivity contribution in [2.24, 2.45) is 5.92 Å². The van der Waals surface area contributed by atoms with Gasteiger partial charge in [-0.1, -0.05) is 36.4 Å². The van der Waals surface area contributed by atoms with Gasteiger partial charge >= 0.3 is 0 Å². The number of benzene rings is 2. The van der Waals surface area contributed by atoms with Gasteiger partial charge in [0.2, 0.25) is 5.91 Å². The predicted octanol–water partition coefficient (Wildman–Crippen LogP) is 4.53. The summed E-state index contributed by atoms with van der Waals surface area (Å²) in [5.41, 5.74) is 1.31. The molecule has 2 aliphatic rings. The lowest BCUT2D eigenvalue weighted by molar-refractivity contribution is -0.137. The fourth-order valence-electron chi connectivity index (χ4n) is 4.18. The Morgan fingerprint density at radius 1 is 1.06 bits per heavy atom. The van der Waals surface area contributed by atoms with E-state index < -0.39 is 23.9 Å². The number of halogens is 1. The molecule has 0 aromatic heterocycles. The smallest absolute Gasteiger partial charge is 0.262 e. The molecule has 1 unspecified atom stereocenters. The molecule has 5 nitrogen and oxygen atoms in total. The highest BCUT2D eigenvalue weighted by Gasteiger charge is 2.44. The number of amides is 3. The van der Waals surface area contributed by atoms with Crippen LogP contribution in [0.4, 0.5) is 4.39 Å². The monoisotopic (exact) mass is 432 g/mol. The first-order valence-electron chi connectivity index (χ1n) is 10.7. The van der Waals surface area contributed by atoms with Gasteiger partial charge in [0.1, 0.15) is 11.9 Å². The number of fused-ring (bicyclic) bond motifs is 1. The van der Waals surface area contributed by atoms with E-state index in [4.69, 9.17) is 0 Å². The van der Waals surface area contributed by atoms with Gasteiger partial charge in [0.15, 0.2) is 0 Å². The minimum absolute atomic E-state index is 0.138. The Hall–Kier alpha value is -3.54. The van der Waals surface area contributed by atoms with Crippen LogP contribution in [-0.2, 0) is 4.79 Å². The van der Waals surface area contributed by atoms with E-state index in [9.17, 15) is 18.8 Å². The van der Waals surface area contributed by atoms with Crippen LogP contribution in [0.2, 0.25) is 0 Å². The summed E-state index contributed by atoms with van der Waals surface area (Å²) in [6, 6.07) is 11.0. The van der Waals surface area contributed by atoms with Crippen molar-refractivity contribution in [3.05, 3.63) is 96.3 Å². The molecular formula is C26H25FN2O3. The third-order valence-corrected chi connectivity index (χ3v) is 6.02. The molecule has 0 N–H and O–H groups in total. The lowest BCUT2D eigenvalue weighted by Gasteiger charge is -2.35. The Labute approximate surface area is 186 Å². The molecule has 1 fully saturated rings. The molecule has 1 aliphatic carbocycles. The van der Waals surface area contributed by atoms with Crippen molar-refractivity contribution in [3.8, 4) is 0 Å². The van der Waals surface area contributed by atoms with Crippen LogP contribution in [0, 0.1) is 11.7 Å². The van der Waals surface area contributed by atoms with E-state index in [1.807, 2.05) is 0 Å². The van der Waals surface area contributed by atoms with E-state index in [1.54, 1.807) is 53.5 Å². The molecule has 32 heavy (non-hydrogen) atoms. The fourth-order valence-corrected chi connectivity index (χ4v) is 4.18. The number of hydrogen-bond donors (Lipinski definition) is 0. The lowest BCUT2D eigenvalue weighted by Crippen LogP contribution is -2.52. The second-order valence-electron chi connectivity index (χ2n) is 8.23. The van der Waals surface area contributed by atoms with Gasteiger partial charge in [-0.25, -0.2) is 4.39 Å². The van der Waals surface area contributed by atoms with Gasteiger partial charge in [-0.05, 0) is 55.0 Å². The van der Waals surface area contributed by atoms with Crippen LogP contribution in [0.15, 0.2) is 73.8 Å². The Morgan fingerprint density at radius 3 is 2.16 bits per heavy atom. The SMILES string of the molecule is C=CCC(C(=O)N(CC1CC1)[C@@H](C=C)c1ccc(F)cc1)N1C(=O)c2ccccc2C1=O. The maximum Gasteiger partial charge on any atom is 0.262 e. The second-order valence-corrected chi connectivity index (χ2v) is 8.23. The summed E-state index contributed by atoms with van der Waals surface area (Å²) in [6.07, 6.45) is 5.34. The molecule has 0 spiro atoms. The summed E-state index contributed by atoms with van der Waals surface area (Å²) in [7, 11) is 0. The van der Waals surface area contributed by atoms with Gasteiger partial charge in [0.25, 0.3) is 11.8 Å². The number of imide groups is 1. The topological polar surface area (TPSA) is 57.7 Å². The minimum atomic E-state index is -1.01. The van der Waals surface area contributed by atoms with E-state index >= 15 is 0 Å². The first-order chi connectivity index (χ1) is 15.5. The molecule has 164 valence electrons. The number of hydrogen-bond acceptors (Lipinski definition) is 3. The van der Waals surface area contributed by atoms with Crippen LogP contribution in [0.5, 0.6) is 0 Å². The highest BCUT2D eigenvalue weighted by atomic mass is 19.1. The molecule has 6 heteroatoms. The zero-order chi connectivity index (χ0) is 22.8. The lowest BCUT2D eigenvalue weighted by atomic mass is 10.0. The normalized spacial score (nSPS) is 17.0. The molecule has 1 heterocycles. The average molecular weight is 432 g/mol. The zero-order valence-corrected chi connectivity index (χ0v) is 17.7. The Balaban J connectivity index is 1.70. The van der Waals surface area contributed by atoms with Crippen LogP contribution in [0.1, 0.15) is 51.6 Å². The quantitative estimate of drug-likeness (QED) is 0.432. The molecule has 0 radical (unpaired) electrons. The molecule has 2 aromatic rings. The highest BCUT2D eigenvalue weighted by Crippen LogP contribution is 2.35. The van der Waals surface area contributed by atoms with Gasteiger partial charge in [-0.3, -0.25) is 19.3 Å². The van der Waals surface area contributed by atoms with Crippen molar-refractivity contribution < 1.29 is 18.8 Å². The van der Waals surface area contributed by atoms with E-state index in [1.165, 1.54) is 12.1 Å². The number of nitrogens with zero attached hydrogens (tertiary/aromatic N) is 2. The Bertz CT molecular complexity index is 1040. The van der Waals surface area contributed by atoms with Crippen molar-refractivity contribution in [1.29, 1.82) is 0 Å². The molecule has 4 rings (SSSR count). The molecular weight excluding hydrogens is 407 g/mol. The first-order valence-corrected chi connectivity index (χ1v) is 10.7. The van der Waals surface area contributed by atoms with Gasteiger partial charge in [0, 0.05) is 6.54 Å². The van der Waals surface area contributed by atoms with Gasteiger partial charge in [0.05, 0.1) is 17.2 Å². The molecule has 2 aromatic carbocycles. The van der Waals surface area contributed by atoms with Crippen molar-refractivity contribution in [2.75, 3.05) is 6.54 Å².